The maximum absolute atomic E-state index is 11.2. The summed E-state index contributed by atoms with van der Waals surface area (Å²) in [7, 11) is 0. The molecule has 0 amide bonds. The Kier molecular flexibility index (Phi) is 8.25. The Morgan fingerprint density at radius 3 is 2.23 bits per heavy atom. The molecular formula is C24H25NO3S2. The summed E-state index contributed by atoms with van der Waals surface area (Å²) in [5.41, 5.74) is 2.41. The second kappa shape index (κ2) is 11.1. The highest BCUT2D eigenvalue weighted by atomic mass is 32.2. The van der Waals surface area contributed by atoms with Crippen molar-refractivity contribution in [3.8, 4) is 11.5 Å². The Morgan fingerprint density at radius 1 is 0.967 bits per heavy atom. The maximum atomic E-state index is 11.2. The minimum atomic E-state index is -0.893. The van der Waals surface area contributed by atoms with Crippen LogP contribution in [0, 0.1) is 6.92 Å². The summed E-state index contributed by atoms with van der Waals surface area (Å²) in [5.74, 6) is 1.68. The van der Waals surface area contributed by atoms with Gasteiger partial charge in [-0.1, -0.05) is 25.1 Å². The summed E-state index contributed by atoms with van der Waals surface area (Å²) in [6, 6.07) is 21.7. The molecule has 0 aliphatic carbocycles. The van der Waals surface area contributed by atoms with Gasteiger partial charge in [0.05, 0.1) is 5.56 Å². The Labute approximate surface area is 186 Å². The Morgan fingerprint density at radius 2 is 1.60 bits per heavy atom. The molecule has 0 saturated carbocycles. The average molecular weight is 440 g/mol. The zero-order valence-corrected chi connectivity index (χ0v) is 18.7. The van der Waals surface area contributed by atoms with Gasteiger partial charge in [0.2, 0.25) is 0 Å². The van der Waals surface area contributed by atoms with E-state index in [9.17, 15) is 9.90 Å². The van der Waals surface area contributed by atoms with Crippen molar-refractivity contribution in [3.63, 3.8) is 0 Å². The fourth-order valence-corrected chi connectivity index (χ4v) is 4.35. The number of hydrogen-bond acceptors (Lipinski definition) is 5. The van der Waals surface area contributed by atoms with E-state index in [1.807, 2.05) is 36.4 Å². The molecule has 156 valence electrons. The summed E-state index contributed by atoms with van der Waals surface area (Å²) in [4.78, 5) is 13.3. The number of thioether (sulfide) groups is 1. The van der Waals surface area contributed by atoms with E-state index < -0.39 is 5.97 Å². The lowest BCUT2D eigenvalue weighted by Gasteiger charge is -2.08. The van der Waals surface area contributed by atoms with Gasteiger partial charge in [-0.25, -0.2) is 4.79 Å². The molecule has 2 N–H and O–H groups in total. The van der Waals surface area contributed by atoms with Crippen molar-refractivity contribution in [1.29, 1.82) is 0 Å². The number of ether oxygens (including phenoxy) is 1. The lowest BCUT2D eigenvalue weighted by atomic mass is 10.1. The SMILES string of the molecule is CCc1ccc(Oc2ccc(SCCNSc3ccc(C)c(C(=O)O)c3)cc2)cc1. The van der Waals surface area contributed by atoms with Gasteiger partial charge in [-0.3, -0.25) is 4.72 Å². The number of hydrogen-bond donors (Lipinski definition) is 2. The number of aryl methyl sites for hydroxylation is 2. The number of carboxylic acids is 1. The molecule has 3 rings (SSSR count). The summed E-state index contributed by atoms with van der Waals surface area (Å²) >= 11 is 3.22. The van der Waals surface area contributed by atoms with E-state index in [0.29, 0.717) is 5.56 Å². The first kappa shape index (κ1) is 22.3. The minimum absolute atomic E-state index is 0.347. The quantitative estimate of drug-likeness (QED) is 0.215. The van der Waals surface area contributed by atoms with Crippen LogP contribution in [0.5, 0.6) is 11.5 Å². The molecule has 0 atom stereocenters. The van der Waals surface area contributed by atoms with Gasteiger partial charge in [0, 0.05) is 22.1 Å². The first-order valence-electron chi connectivity index (χ1n) is 9.78. The van der Waals surface area contributed by atoms with Crippen LogP contribution >= 0.6 is 23.7 Å². The number of carbonyl (C=O) groups is 1. The fourth-order valence-electron chi connectivity index (χ4n) is 2.77. The highest BCUT2D eigenvalue weighted by Gasteiger charge is 2.08. The normalized spacial score (nSPS) is 10.7. The molecule has 4 nitrogen and oxygen atoms in total. The zero-order valence-electron chi connectivity index (χ0n) is 17.1. The molecule has 0 spiro atoms. The third-order valence-corrected chi connectivity index (χ3v) is 6.35. The predicted molar refractivity (Wildman–Crippen MR) is 125 cm³/mol. The van der Waals surface area contributed by atoms with Crippen LogP contribution in [-0.4, -0.2) is 23.4 Å². The standard InChI is InChI=1S/C24H25NO3S2/c1-3-18-5-7-19(8-6-18)28-20-9-12-21(13-10-20)29-15-14-25-30-22-11-4-17(2)23(16-22)24(26)27/h4-13,16,25H,3,14-15H2,1-2H3,(H,26,27). The van der Waals surface area contributed by atoms with E-state index in [-0.39, 0.29) is 0 Å². The van der Waals surface area contributed by atoms with E-state index in [1.54, 1.807) is 24.8 Å². The monoisotopic (exact) mass is 439 g/mol. The second-order valence-corrected chi connectivity index (χ2v) is 8.83. The third-order valence-electron chi connectivity index (χ3n) is 4.49. The first-order valence-corrected chi connectivity index (χ1v) is 11.6. The van der Waals surface area contributed by atoms with Crippen LogP contribution in [0.25, 0.3) is 0 Å². The van der Waals surface area contributed by atoms with Gasteiger partial charge in [0.15, 0.2) is 0 Å². The number of nitrogens with one attached hydrogen (secondary N) is 1. The van der Waals surface area contributed by atoms with Crippen LogP contribution in [0.4, 0.5) is 0 Å². The average Bonchev–Trinajstić information content (AvgIpc) is 2.76. The van der Waals surface area contributed by atoms with Gasteiger partial charge >= 0.3 is 5.97 Å². The van der Waals surface area contributed by atoms with Gasteiger partial charge in [-0.2, -0.15) is 0 Å². The van der Waals surface area contributed by atoms with E-state index in [0.717, 1.165) is 40.7 Å². The lowest BCUT2D eigenvalue weighted by Crippen LogP contribution is -2.08. The van der Waals surface area contributed by atoms with Crippen molar-refractivity contribution in [2.45, 2.75) is 30.1 Å². The van der Waals surface area contributed by atoms with E-state index >= 15 is 0 Å². The second-order valence-electron chi connectivity index (χ2n) is 6.70. The zero-order chi connectivity index (χ0) is 21.3. The van der Waals surface area contributed by atoms with Crippen LogP contribution < -0.4 is 9.46 Å². The molecule has 6 heteroatoms. The summed E-state index contributed by atoms with van der Waals surface area (Å²) < 4.78 is 9.18. The third kappa shape index (κ3) is 6.55. The number of rotatable bonds is 10. The minimum Gasteiger partial charge on any atom is -0.478 e. The summed E-state index contributed by atoms with van der Waals surface area (Å²) in [6.45, 7) is 4.74. The van der Waals surface area contributed by atoms with Crippen LogP contribution in [0.3, 0.4) is 0 Å². The van der Waals surface area contributed by atoms with Gasteiger partial charge in [0.1, 0.15) is 11.5 Å². The molecule has 0 aromatic heterocycles. The first-order chi connectivity index (χ1) is 14.5. The molecule has 30 heavy (non-hydrogen) atoms. The van der Waals surface area contributed by atoms with E-state index in [4.69, 9.17) is 4.74 Å². The van der Waals surface area contributed by atoms with Gasteiger partial charge in [0.25, 0.3) is 0 Å². The van der Waals surface area contributed by atoms with Crippen molar-refractivity contribution in [2.75, 3.05) is 12.3 Å². The Bertz CT molecular complexity index is 973. The van der Waals surface area contributed by atoms with Gasteiger partial charge in [-0.05, 0) is 85.0 Å². The molecule has 0 unspecified atom stereocenters. The molecule has 0 heterocycles. The topological polar surface area (TPSA) is 58.6 Å². The van der Waals surface area contributed by atoms with Crippen LogP contribution in [-0.2, 0) is 6.42 Å². The summed E-state index contributed by atoms with van der Waals surface area (Å²) in [6.07, 6.45) is 1.02. The van der Waals surface area contributed by atoms with Crippen molar-refractivity contribution in [2.24, 2.45) is 0 Å². The van der Waals surface area contributed by atoms with Crippen LogP contribution in [0.15, 0.2) is 76.5 Å². The lowest BCUT2D eigenvalue weighted by molar-refractivity contribution is 0.0696. The Hall–Kier alpha value is -2.41. The predicted octanol–water partition coefficient (Wildman–Crippen LogP) is 6.44. The molecule has 0 saturated heterocycles. The van der Waals surface area contributed by atoms with Crippen LogP contribution in [0.1, 0.15) is 28.4 Å². The van der Waals surface area contributed by atoms with Gasteiger partial charge in [-0.15, -0.1) is 11.8 Å². The molecule has 0 radical (unpaired) electrons. The summed E-state index contributed by atoms with van der Waals surface area (Å²) in [5, 5.41) is 9.21. The number of aromatic carboxylic acids is 1. The smallest absolute Gasteiger partial charge is 0.335 e. The fraction of sp³-hybridized carbons (Fsp3) is 0.208. The van der Waals surface area contributed by atoms with Crippen molar-refractivity contribution >= 4 is 29.7 Å². The van der Waals surface area contributed by atoms with E-state index in [1.165, 1.54) is 22.4 Å². The Balaban J connectivity index is 1.41. The molecular weight excluding hydrogens is 414 g/mol. The highest BCUT2D eigenvalue weighted by Crippen LogP contribution is 2.26. The van der Waals surface area contributed by atoms with Crippen molar-refractivity contribution in [3.05, 3.63) is 83.4 Å². The van der Waals surface area contributed by atoms with Crippen LogP contribution in [0.2, 0.25) is 0 Å². The molecule has 3 aromatic rings. The molecule has 0 aliphatic heterocycles. The van der Waals surface area contributed by atoms with Gasteiger partial charge < -0.3 is 9.84 Å². The molecule has 3 aromatic carbocycles. The number of benzene rings is 3. The number of carboxylic acid groups (broad SMARTS) is 1. The van der Waals surface area contributed by atoms with Crippen molar-refractivity contribution in [1.82, 2.24) is 4.72 Å². The van der Waals surface area contributed by atoms with Crippen molar-refractivity contribution < 1.29 is 14.6 Å². The molecule has 0 aliphatic rings. The molecule has 0 fully saturated rings. The maximum Gasteiger partial charge on any atom is 0.335 e. The highest BCUT2D eigenvalue weighted by molar-refractivity contribution is 7.99. The largest absolute Gasteiger partial charge is 0.478 e. The van der Waals surface area contributed by atoms with E-state index in [2.05, 4.69) is 35.9 Å². The molecule has 0 bridgehead atoms.